The van der Waals surface area contributed by atoms with Crippen LogP contribution in [0.4, 0.5) is 5.69 Å². The zero-order valence-corrected chi connectivity index (χ0v) is 20.1. The number of amides is 2. The molecule has 0 fully saturated rings. The third-order valence-corrected chi connectivity index (χ3v) is 6.11. The number of nitrogens with two attached hydrogens (primary N) is 1. The maximum Gasteiger partial charge on any atom is 0.307 e. The summed E-state index contributed by atoms with van der Waals surface area (Å²) in [6, 6.07) is 11.4. The molecule has 188 valence electrons. The second-order valence-electron chi connectivity index (χ2n) is 7.51. The summed E-state index contributed by atoms with van der Waals surface area (Å²) in [5.41, 5.74) is 6.81. The first kappa shape index (κ1) is 27.3. The molecule has 0 saturated carbocycles. The normalized spacial score (nSPS) is 11.7. The number of anilines is 1. The molecule has 0 bridgehead atoms. The number of ether oxygens (including phenoxy) is 1. The summed E-state index contributed by atoms with van der Waals surface area (Å²) in [4.78, 5) is 36.5. The van der Waals surface area contributed by atoms with Crippen molar-refractivity contribution in [2.45, 2.75) is 24.3 Å². The Hall–Kier alpha value is -3.97. The summed E-state index contributed by atoms with van der Waals surface area (Å²) in [6.07, 6.45) is -0.286. The van der Waals surface area contributed by atoms with E-state index in [1.165, 1.54) is 31.4 Å². The quantitative estimate of drug-likeness (QED) is 0.140. The zero-order chi connectivity index (χ0) is 26.0. The Balaban J connectivity index is 1.97. The molecule has 1 atom stereocenters. The zero-order valence-electron chi connectivity index (χ0n) is 19.3. The van der Waals surface area contributed by atoms with Crippen molar-refractivity contribution in [2.75, 3.05) is 25.5 Å². The van der Waals surface area contributed by atoms with Gasteiger partial charge in [0.05, 0.1) is 31.0 Å². The SMILES string of the molecule is COC(=O)CC(CNS(=O)(=O)c1ccc(C)cc1)NC(=O)CNC(=O)c1cccc(NC(=N)N)c1. The van der Waals surface area contributed by atoms with E-state index in [1.807, 2.05) is 6.92 Å². The maximum absolute atomic E-state index is 12.5. The molecule has 0 saturated heterocycles. The lowest BCUT2D eigenvalue weighted by molar-refractivity contribution is -0.141. The Labute approximate surface area is 203 Å². The number of hydrogen-bond acceptors (Lipinski definition) is 7. The van der Waals surface area contributed by atoms with Crippen molar-refractivity contribution >= 4 is 39.5 Å². The Kier molecular flexibility index (Phi) is 9.73. The van der Waals surface area contributed by atoms with Crippen LogP contribution in [0.15, 0.2) is 53.4 Å². The molecule has 0 aliphatic rings. The van der Waals surface area contributed by atoms with E-state index in [0.29, 0.717) is 5.69 Å². The molecule has 13 heteroatoms. The average Bonchev–Trinajstić information content (AvgIpc) is 2.81. The minimum absolute atomic E-state index is 0.0417. The van der Waals surface area contributed by atoms with Crippen LogP contribution in [-0.4, -0.2) is 58.4 Å². The van der Waals surface area contributed by atoms with Crippen molar-refractivity contribution < 1.29 is 27.5 Å². The molecule has 0 aromatic heterocycles. The van der Waals surface area contributed by atoms with Gasteiger partial charge in [0.15, 0.2) is 5.96 Å². The molecular weight excluding hydrogens is 476 g/mol. The van der Waals surface area contributed by atoms with Gasteiger partial charge in [-0.2, -0.15) is 0 Å². The fourth-order valence-corrected chi connectivity index (χ4v) is 3.99. The summed E-state index contributed by atoms with van der Waals surface area (Å²) in [7, 11) is -2.70. The highest BCUT2D eigenvalue weighted by atomic mass is 32.2. The molecule has 2 aromatic rings. The number of hydrogen-bond donors (Lipinski definition) is 6. The van der Waals surface area contributed by atoms with Gasteiger partial charge >= 0.3 is 5.97 Å². The molecule has 1 unspecified atom stereocenters. The van der Waals surface area contributed by atoms with Gasteiger partial charge < -0.3 is 26.4 Å². The number of aryl methyl sites for hydroxylation is 1. The van der Waals surface area contributed by atoms with Crippen molar-refractivity contribution in [1.29, 1.82) is 5.41 Å². The van der Waals surface area contributed by atoms with Crippen LogP contribution in [0, 0.1) is 12.3 Å². The number of methoxy groups -OCH3 is 1. The summed E-state index contributed by atoms with van der Waals surface area (Å²) in [5, 5.41) is 14.8. The minimum atomic E-state index is -3.88. The van der Waals surface area contributed by atoms with E-state index in [1.54, 1.807) is 24.3 Å². The van der Waals surface area contributed by atoms with Gasteiger partial charge in [-0.05, 0) is 37.3 Å². The third-order valence-electron chi connectivity index (χ3n) is 4.67. The first-order valence-corrected chi connectivity index (χ1v) is 11.9. The third kappa shape index (κ3) is 9.06. The van der Waals surface area contributed by atoms with E-state index < -0.39 is 40.4 Å². The first-order chi connectivity index (χ1) is 16.5. The van der Waals surface area contributed by atoms with Gasteiger partial charge in [-0.3, -0.25) is 19.8 Å². The van der Waals surface area contributed by atoms with E-state index in [0.717, 1.165) is 5.56 Å². The van der Waals surface area contributed by atoms with E-state index in [-0.39, 0.29) is 29.4 Å². The smallest absolute Gasteiger partial charge is 0.307 e. The molecule has 0 radical (unpaired) electrons. The van der Waals surface area contributed by atoms with Crippen LogP contribution in [-0.2, 0) is 24.3 Å². The number of carbonyl (C=O) groups is 3. The monoisotopic (exact) mass is 504 g/mol. The van der Waals surface area contributed by atoms with Crippen LogP contribution in [0.3, 0.4) is 0 Å². The number of benzene rings is 2. The number of guanidine groups is 1. The van der Waals surface area contributed by atoms with Crippen LogP contribution in [0.25, 0.3) is 0 Å². The molecule has 0 aliphatic carbocycles. The lowest BCUT2D eigenvalue weighted by Crippen LogP contribution is -2.48. The molecule has 2 amide bonds. The number of rotatable bonds is 11. The average molecular weight is 505 g/mol. The molecule has 0 aliphatic heterocycles. The Bertz CT molecular complexity index is 1180. The molecule has 0 spiro atoms. The summed E-state index contributed by atoms with van der Waals surface area (Å²) in [6.45, 7) is 1.12. The number of carbonyl (C=O) groups excluding carboxylic acids is 3. The number of nitrogens with one attached hydrogen (secondary N) is 5. The van der Waals surface area contributed by atoms with E-state index in [9.17, 15) is 22.8 Å². The Morgan fingerprint density at radius 2 is 1.80 bits per heavy atom. The van der Waals surface area contributed by atoms with E-state index in [2.05, 4.69) is 25.4 Å². The van der Waals surface area contributed by atoms with Crippen molar-refractivity contribution in [3.8, 4) is 0 Å². The summed E-state index contributed by atoms with van der Waals surface area (Å²) in [5.74, 6) is -2.14. The van der Waals surface area contributed by atoms with Crippen LogP contribution >= 0.6 is 0 Å². The predicted octanol–water partition coefficient (Wildman–Crippen LogP) is 0.0566. The number of esters is 1. The van der Waals surface area contributed by atoms with E-state index >= 15 is 0 Å². The lowest BCUT2D eigenvalue weighted by Gasteiger charge is -2.19. The molecule has 2 rings (SSSR count). The molecule has 2 aromatic carbocycles. The topological polar surface area (TPSA) is 193 Å². The first-order valence-electron chi connectivity index (χ1n) is 10.4. The molecule has 7 N–H and O–H groups in total. The van der Waals surface area contributed by atoms with Gasteiger partial charge in [-0.25, -0.2) is 13.1 Å². The van der Waals surface area contributed by atoms with Crippen molar-refractivity contribution in [3.63, 3.8) is 0 Å². The van der Waals surface area contributed by atoms with Crippen molar-refractivity contribution in [1.82, 2.24) is 15.4 Å². The van der Waals surface area contributed by atoms with Gasteiger partial charge in [0, 0.05) is 17.8 Å². The largest absolute Gasteiger partial charge is 0.469 e. The predicted molar refractivity (Wildman–Crippen MR) is 129 cm³/mol. The van der Waals surface area contributed by atoms with Crippen LogP contribution in [0.5, 0.6) is 0 Å². The molecule has 35 heavy (non-hydrogen) atoms. The fourth-order valence-electron chi connectivity index (χ4n) is 2.90. The Morgan fingerprint density at radius 3 is 2.43 bits per heavy atom. The van der Waals surface area contributed by atoms with Gasteiger partial charge in [0.2, 0.25) is 15.9 Å². The summed E-state index contributed by atoms with van der Waals surface area (Å²) >= 11 is 0. The van der Waals surface area contributed by atoms with Gasteiger partial charge in [0.1, 0.15) is 0 Å². The van der Waals surface area contributed by atoms with Crippen LogP contribution < -0.4 is 26.4 Å². The minimum Gasteiger partial charge on any atom is -0.469 e. The van der Waals surface area contributed by atoms with Crippen LogP contribution in [0.2, 0.25) is 0 Å². The van der Waals surface area contributed by atoms with Gasteiger partial charge in [-0.15, -0.1) is 0 Å². The number of sulfonamides is 1. The van der Waals surface area contributed by atoms with E-state index in [4.69, 9.17) is 11.1 Å². The highest BCUT2D eigenvalue weighted by Crippen LogP contribution is 2.11. The Morgan fingerprint density at radius 1 is 1.11 bits per heavy atom. The van der Waals surface area contributed by atoms with Crippen molar-refractivity contribution in [2.24, 2.45) is 5.73 Å². The lowest BCUT2D eigenvalue weighted by atomic mass is 10.2. The second kappa shape index (κ2) is 12.5. The van der Waals surface area contributed by atoms with Crippen molar-refractivity contribution in [3.05, 3.63) is 59.7 Å². The summed E-state index contributed by atoms with van der Waals surface area (Å²) < 4.78 is 32.1. The highest BCUT2D eigenvalue weighted by Gasteiger charge is 2.21. The molecular formula is C22H28N6O6S. The molecule has 0 heterocycles. The molecule has 12 nitrogen and oxygen atoms in total. The van der Waals surface area contributed by atoms with Crippen LogP contribution in [0.1, 0.15) is 22.3 Å². The second-order valence-corrected chi connectivity index (χ2v) is 9.28. The fraction of sp³-hybridized carbons (Fsp3) is 0.273. The standard InChI is InChI=1S/C22H28N6O6S/c1-14-6-8-18(9-7-14)35(32,33)26-12-17(11-20(30)34-2)27-19(29)13-25-21(31)15-4-3-5-16(10-15)28-22(23)24/h3-10,17,26H,11-13H2,1-2H3,(H,25,31)(H,27,29)(H4,23,24,28). The van der Waals surface area contributed by atoms with Gasteiger partial charge in [-0.1, -0.05) is 23.8 Å². The highest BCUT2D eigenvalue weighted by molar-refractivity contribution is 7.89. The van der Waals surface area contributed by atoms with Gasteiger partial charge in [0.25, 0.3) is 5.91 Å². The maximum atomic E-state index is 12.5.